The summed E-state index contributed by atoms with van der Waals surface area (Å²) in [5.41, 5.74) is 0. The van der Waals surface area contributed by atoms with Gasteiger partial charge in [-0.3, -0.25) is 33.6 Å². The number of rotatable bonds is 24. The van der Waals surface area contributed by atoms with Gasteiger partial charge in [0.05, 0.1) is 0 Å². The van der Waals surface area contributed by atoms with E-state index >= 15 is 0 Å². The Morgan fingerprint density at radius 2 is 0.585 bits per heavy atom. The first kappa shape index (κ1) is 37.3. The first-order valence-corrected chi connectivity index (χ1v) is 14.4. The van der Waals surface area contributed by atoms with Crippen molar-refractivity contribution in [3.05, 3.63) is 0 Å². The zero-order valence-electron chi connectivity index (χ0n) is 24.6. The number of hydrogen-bond donors (Lipinski definition) is 7. The molecule has 0 spiro atoms. The average molecular weight is 584 g/mol. The van der Waals surface area contributed by atoms with E-state index < -0.39 is 0 Å². The molecule has 0 heterocycles. The average Bonchev–Trinajstić information content (AvgIpc) is 2.94. The number of hydrogen-bond acceptors (Lipinski definition) is 7. The van der Waals surface area contributed by atoms with E-state index in [-0.39, 0.29) is 67.0 Å². The van der Waals surface area contributed by atoms with Crippen molar-refractivity contribution in [3.63, 3.8) is 0 Å². The topological polar surface area (TPSA) is 204 Å². The molecule has 0 saturated carbocycles. The van der Waals surface area contributed by atoms with Gasteiger partial charge < -0.3 is 37.2 Å². The zero-order chi connectivity index (χ0) is 30.7. The summed E-state index contributed by atoms with van der Waals surface area (Å²) in [5, 5.41) is 18.9. The van der Waals surface area contributed by atoms with Gasteiger partial charge in [0.2, 0.25) is 41.4 Å². The predicted octanol–water partition coefficient (Wildman–Crippen LogP) is -0.869. The van der Waals surface area contributed by atoms with Crippen molar-refractivity contribution < 1.29 is 33.6 Å². The molecular weight excluding hydrogens is 534 g/mol. The summed E-state index contributed by atoms with van der Waals surface area (Å²) in [4.78, 5) is 80.9. The van der Waals surface area contributed by atoms with E-state index in [1.54, 1.807) is 7.05 Å². The van der Waals surface area contributed by atoms with E-state index in [9.17, 15) is 33.6 Å². The lowest BCUT2D eigenvalue weighted by Gasteiger charge is -2.08. The van der Waals surface area contributed by atoms with E-state index in [2.05, 4.69) is 37.2 Å². The fraction of sp³-hybridized carbons (Fsp3) is 0.741. The Kier molecular flexibility index (Phi) is 23.0. The monoisotopic (exact) mass is 583 g/mol. The van der Waals surface area contributed by atoms with E-state index in [1.165, 1.54) is 6.92 Å². The minimum Gasteiger partial charge on any atom is -0.359 e. The Hall–Kier alpha value is -3.71. The van der Waals surface area contributed by atoms with E-state index in [4.69, 9.17) is 0 Å². The van der Waals surface area contributed by atoms with Crippen LogP contribution in [-0.4, -0.2) is 87.7 Å². The third-order valence-electron chi connectivity index (χ3n) is 5.75. The highest BCUT2D eigenvalue weighted by Gasteiger charge is 2.07. The highest BCUT2D eigenvalue weighted by Crippen LogP contribution is 1.95. The molecule has 0 aromatic carbocycles. The Bertz CT molecular complexity index is 837. The molecule has 0 aliphatic carbocycles. The molecule has 0 rings (SSSR count). The van der Waals surface area contributed by atoms with Crippen LogP contribution in [0.15, 0.2) is 0 Å². The maximum Gasteiger partial charge on any atom is 0.220 e. The molecule has 0 aliphatic heterocycles. The minimum atomic E-state index is -0.151. The largest absolute Gasteiger partial charge is 0.359 e. The van der Waals surface area contributed by atoms with Gasteiger partial charge in [-0.2, -0.15) is 0 Å². The van der Waals surface area contributed by atoms with Crippen LogP contribution in [0.3, 0.4) is 0 Å². The smallest absolute Gasteiger partial charge is 0.220 e. The predicted molar refractivity (Wildman–Crippen MR) is 153 cm³/mol. The van der Waals surface area contributed by atoms with E-state index in [0.29, 0.717) is 90.6 Å². The summed E-state index contributed by atoms with van der Waals surface area (Å²) >= 11 is 0. The van der Waals surface area contributed by atoms with E-state index in [1.807, 2.05) is 0 Å². The normalized spacial score (nSPS) is 10.2. The SMILES string of the molecule is CNC(=O)CCCNC(=O)CCCNC(=O)CCCNC(=O)CCCNC(=O)CCCNC(=O)CCCNC(C)=O. The third-order valence-corrected chi connectivity index (χ3v) is 5.75. The molecule has 0 bridgehead atoms. The molecule has 0 aromatic rings. The molecule has 14 heteroatoms. The highest BCUT2D eigenvalue weighted by atomic mass is 16.2. The highest BCUT2D eigenvalue weighted by molar-refractivity contribution is 5.79. The summed E-state index contributed by atoms with van der Waals surface area (Å²) in [5.74, 6) is -0.869. The van der Waals surface area contributed by atoms with Crippen LogP contribution in [-0.2, 0) is 33.6 Å². The molecule has 0 atom stereocenters. The van der Waals surface area contributed by atoms with Crippen LogP contribution < -0.4 is 37.2 Å². The van der Waals surface area contributed by atoms with Crippen LogP contribution in [0.2, 0.25) is 0 Å². The van der Waals surface area contributed by atoms with Crippen molar-refractivity contribution in [2.45, 2.75) is 84.0 Å². The van der Waals surface area contributed by atoms with Crippen molar-refractivity contribution in [1.29, 1.82) is 0 Å². The fourth-order valence-corrected chi connectivity index (χ4v) is 3.46. The Morgan fingerprint density at radius 1 is 0.366 bits per heavy atom. The number of amides is 7. The first-order chi connectivity index (χ1) is 19.6. The van der Waals surface area contributed by atoms with Crippen molar-refractivity contribution >= 4 is 41.4 Å². The molecule has 41 heavy (non-hydrogen) atoms. The molecule has 7 amide bonds. The van der Waals surface area contributed by atoms with Gasteiger partial charge in [0.25, 0.3) is 0 Å². The van der Waals surface area contributed by atoms with Crippen LogP contribution in [0.1, 0.15) is 84.0 Å². The minimum absolute atomic E-state index is 0.0652. The summed E-state index contributed by atoms with van der Waals surface area (Å²) in [6.07, 6.45) is 4.90. The van der Waals surface area contributed by atoms with Gasteiger partial charge in [-0.15, -0.1) is 0 Å². The summed E-state index contributed by atoms with van der Waals surface area (Å²) in [7, 11) is 1.57. The van der Waals surface area contributed by atoms with Crippen molar-refractivity contribution in [2.24, 2.45) is 0 Å². The molecule has 7 N–H and O–H groups in total. The molecule has 0 aromatic heterocycles. The van der Waals surface area contributed by atoms with Crippen molar-refractivity contribution in [3.8, 4) is 0 Å². The first-order valence-electron chi connectivity index (χ1n) is 14.4. The van der Waals surface area contributed by atoms with Gasteiger partial charge in [0.1, 0.15) is 0 Å². The van der Waals surface area contributed by atoms with Gasteiger partial charge in [-0.25, -0.2) is 0 Å². The lowest BCUT2D eigenvalue weighted by atomic mass is 10.2. The summed E-state index contributed by atoms with van der Waals surface area (Å²) in [6, 6.07) is 0. The number of carbonyl (C=O) groups is 7. The molecule has 0 saturated heterocycles. The lowest BCUT2D eigenvalue weighted by molar-refractivity contribution is -0.123. The number of nitrogens with one attached hydrogen (secondary N) is 7. The molecule has 0 radical (unpaired) electrons. The van der Waals surface area contributed by atoms with Crippen LogP contribution in [0.25, 0.3) is 0 Å². The van der Waals surface area contributed by atoms with Crippen LogP contribution in [0.4, 0.5) is 0 Å². The number of carbonyl (C=O) groups excluding carboxylic acids is 7. The fourth-order valence-electron chi connectivity index (χ4n) is 3.46. The van der Waals surface area contributed by atoms with Crippen LogP contribution in [0.5, 0.6) is 0 Å². The second-order valence-corrected chi connectivity index (χ2v) is 9.53. The Labute approximate surface area is 242 Å². The van der Waals surface area contributed by atoms with Gasteiger partial charge in [-0.05, 0) is 38.5 Å². The third kappa shape index (κ3) is 26.3. The van der Waals surface area contributed by atoms with Gasteiger partial charge >= 0.3 is 0 Å². The maximum absolute atomic E-state index is 11.9. The maximum atomic E-state index is 11.9. The van der Waals surface area contributed by atoms with Crippen LogP contribution >= 0.6 is 0 Å². The molecule has 14 nitrogen and oxygen atoms in total. The van der Waals surface area contributed by atoms with Gasteiger partial charge in [0, 0.05) is 91.8 Å². The molecule has 234 valence electrons. The van der Waals surface area contributed by atoms with Crippen molar-refractivity contribution in [1.82, 2.24) is 37.2 Å². The second kappa shape index (κ2) is 25.3. The van der Waals surface area contributed by atoms with Crippen LogP contribution in [0, 0.1) is 0 Å². The standard InChI is InChI=1S/C27H49N7O7/c1-21(35)29-15-4-10-23(37)31-17-6-12-25(39)33-19-8-14-27(41)34-20-7-13-26(40)32-18-5-11-24(38)30-16-3-9-22(36)28-2/h3-20H2,1-2H3,(H,28,36)(H,29,35)(H,30,38)(H,31,37)(H,32,40)(H,33,39)(H,34,41). The quantitative estimate of drug-likeness (QED) is 0.0715. The molecule has 0 fully saturated rings. The molecule has 0 unspecified atom stereocenters. The summed E-state index contributed by atoms with van der Waals surface area (Å²) in [6.45, 7) is 3.84. The molecular formula is C27H49N7O7. The van der Waals surface area contributed by atoms with Gasteiger partial charge in [0.15, 0.2) is 0 Å². The Morgan fingerprint density at radius 3 is 0.805 bits per heavy atom. The second-order valence-electron chi connectivity index (χ2n) is 9.53. The van der Waals surface area contributed by atoms with Gasteiger partial charge in [-0.1, -0.05) is 0 Å². The lowest BCUT2D eigenvalue weighted by Crippen LogP contribution is -2.30. The van der Waals surface area contributed by atoms with E-state index in [0.717, 1.165) is 0 Å². The zero-order valence-corrected chi connectivity index (χ0v) is 24.6. The molecule has 0 aliphatic rings. The van der Waals surface area contributed by atoms with Crippen molar-refractivity contribution in [2.75, 3.05) is 46.3 Å². The summed E-state index contributed by atoms with van der Waals surface area (Å²) < 4.78 is 0. The Balaban J connectivity index is 3.58.